The van der Waals surface area contributed by atoms with Crippen molar-refractivity contribution in [2.45, 2.75) is 71.4 Å². The van der Waals surface area contributed by atoms with Gasteiger partial charge in [-0.05, 0) is 70.2 Å². The number of aryl methyl sites for hydroxylation is 2. The van der Waals surface area contributed by atoms with Crippen molar-refractivity contribution in [2.24, 2.45) is 5.92 Å². The molecule has 1 aliphatic carbocycles. The van der Waals surface area contributed by atoms with Gasteiger partial charge < -0.3 is 10.6 Å². The first-order chi connectivity index (χ1) is 17.1. The van der Waals surface area contributed by atoms with Gasteiger partial charge in [0.2, 0.25) is 11.8 Å². The van der Waals surface area contributed by atoms with E-state index in [4.69, 9.17) is 0 Å². The van der Waals surface area contributed by atoms with E-state index in [1.54, 1.807) is 22.9 Å². The maximum Gasteiger partial charge on any atom is 0.270 e. The molecule has 0 bridgehead atoms. The van der Waals surface area contributed by atoms with Crippen LogP contribution in [0.25, 0.3) is 11.1 Å². The highest BCUT2D eigenvalue weighted by Crippen LogP contribution is 2.38. The molecule has 10 heteroatoms. The Labute approximate surface area is 208 Å². The summed E-state index contributed by atoms with van der Waals surface area (Å²) in [7, 11) is 0. The van der Waals surface area contributed by atoms with Gasteiger partial charge in [-0.15, -0.1) is 0 Å². The number of aromatic amines is 1. The second-order valence-corrected chi connectivity index (χ2v) is 9.79. The standard InChI is InChI=1S/C26H32F2N6O2/c1-15(2)34-21(11-13-29-34)24(35)31-23(19-6-5-12-26(27,28)14-19)25(36)30-20-9-7-18(8-10-20)22-16(3)32-33-17(22)4/h7-11,13,15,19,23H,5-6,12,14H2,1-4H3,(H,30,36)(H,31,35)(H,32,33)/t19-,23-/m0/s1. The molecule has 4 rings (SSSR count). The lowest BCUT2D eigenvalue weighted by atomic mass is 9.81. The third-order valence-electron chi connectivity index (χ3n) is 6.68. The Morgan fingerprint density at radius 3 is 2.50 bits per heavy atom. The minimum absolute atomic E-state index is 0.0759. The molecule has 0 aliphatic heterocycles. The normalized spacial score (nSPS) is 18.1. The molecule has 36 heavy (non-hydrogen) atoms. The molecule has 0 unspecified atom stereocenters. The minimum Gasteiger partial charge on any atom is -0.339 e. The number of halogens is 2. The van der Waals surface area contributed by atoms with Crippen LogP contribution in [0.4, 0.5) is 14.5 Å². The number of amides is 2. The van der Waals surface area contributed by atoms with Gasteiger partial charge in [-0.2, -0.15) is 10.2 Å². The molecule has 2 amide bonds. The minimum atomic E-state index is -2.87. The first-order valence-corrected chi connectivity index (χ1v) is 12.2. The Morgan fingerprint density at radius 2 is 1.89 bits per heavy atom. The molecule has 1 saturated carbocycles. The van der Waals surface area contributed by atoms with Crippen molar-refractivity contribution in [1.82, 2.24) is 25.3 Å². The number of nitrogens with one attached hydrogen (secondary N) is 3. The molecule has 2 aromatic heterocycles. The maximum atomic E-state index is 14.3. The zero-order chi connectivity index (χ0) is 26.0. The summed E-state index contributed by atoms with van der Waals surface area (Å²) >= 11 is 0. The molecule has 8 nitrogen and oxygen atoms in total. The molecule has 3 N–H and O–H groups in total. The summed E-state index contributed by atoms with van der Waals surface area (Å²) in [6.07, 6.45) is 1.56. The van der Waals surface area contributed by atoms with Crippen molar-refractivity contribution in [3.63, 3.8) is 0 Å². The lowest BCUT2D eigenvalue weighted by Gasteiger charge is -2.34. The van der Waals surface area contributed by atoms with Crippen LogP contribution in [0.15, 0.2) is 36.5 Å². The zero-order valence-electron chi connectivity index (χ0n) is 20.9. The quantitative estimate of drug-likeness (QED) is 0.425. The fourth-order valence-corrected chi connectivity index (χ4v) is 4.93. The number of benzene rings is 1. The molecule has 192 valence electrons. The largest absolute Gasteiger partial charge is 0.339 e. The van der Waals surface area contributed by atoms with Gasteiger partial charge in [0.05, 0.1) is 5.69 Å². The van der Waals surface area contributed by atoms with Crippen LogP contribution in [0, 0.1) is 19.8 Å². The molecule has 0 spiro atoms. The summed E-state index contributed by atoms with van der Waals surface area (Å²) in [5.41, 5.74) is 4.52. The van der Waals surface area contributed by atoms with Gasteiger partial charge in [0.15, 0.2) is 0 Å². The van der Waals surface area contributed by atoms with Gasteiger partial charge in [-0.25, -0.2) is 8.78 Å². The van der Waals surface area contributed by atoms with Crippen LogP contribution in [0.1, 0.15) is 67.4 Å². The molecular weight excluding hydrogens is 466 g/mol. The lowest BCUT2D eigenvalue weighted by Crippen LogP contribution is -2.51. The van der Waals surface area contributed by atoms with Crippen molar-refractivity contribution >= 4 is 17.5 Å². The van der Waals surface area contributed by atoms with Crippen molar-refractivity contribution in [2.75, 3.05) is 5.32 Å². The summed E-state index contributed by atoms with van der Waals surface area (Å²) in [5.74, 6) is -4.60. The molecule has 1 fully saturated rings. The fraction of sp³-hybridized carbons (Fsp3) is 0.462. The van der Waals surface area contributed by atoms with E-state index in [9.17, 15) is 18.4 Å². The van der Waals surface area contributed by atoms with E-state index in [1.165, 1.54) is 6.20 Å². The SMILES string of the molecule is Cc1n[nH]c(C)c1-c1ccc(NC(=O)[C@@H](NC(=O)c2ccnn2C(C)C)[C@H]2CCCC(F)(F)C2)cc1. The van der Waals surface area contributed by atoms with Crippen LogP contribution in [0.2, 0.25) is 0 Å². The second-order valence-electron chi connectivity index (χ2n) is 9.79. The first kappa shape index (κ1) is 25.5. The van der Waals surface area contributed by atoms with E-state index in [0.717, 1.165) is 22.5 Å². The summed E-state index contributed by atoms with van der Waals surface area (Å²) in [6.45, 7) is 7.61. The van der Waals surface area contributed by atoms with Crippen molar-refractivity contribution in [3.8, 4) is 11.1 Å². The van der Waals surface area contributed by atoms with Crippen LogP contribution in [0.3, 0.4) is 0 Å². The number of nitrogens with zero attached hydrogens (tertiary/aromatic N) is 3. The summed E-state index contributed by atoms with van der Waals surface area (Å²) in [4.78, 5) is 26.5. The van der Waals surface area contributed by atoms with E-state index in [0.29, 0.717) is 18.5 Å². The predicted octanol–water partition coefficient (Wildman–Crippen LogP) is 5.03. The smallest absolute Gasteiger partial charge is 0.270 e. The second kappa shape index (κ2) is 10.2. The van der Waals surface area contributed by atoms with Gasteiger partial charge in [-0.1, -0.05) is 12.1 Å². The topological polar surface area (TPSA) is 105 Å². The van der Waals surface area contributed by atoms with Gasteiger partial charge in [0.25, 0.3) is 5.91 Å². The first-order valence-electron chi connectivity index (χ1n) is 12.2. The number of hydrogen-bond donors (Lipinski definition) is 3. The molecule has 2 heterocycles. The van der Waals surface area contributed by atoms with Gasteiger partial charge in [-0.3, -0.25) is 19.4 Å². The summed E-state index contributed by atoms with van der Waals surface area (Å²) in [6, 6.07) is 7.60. The highest BCUT2D eigenvalue weighted by atomic mass is 19.3. The lowest BCUT2D eigenvalue weighted by molar-refractivity contribution is -0.121. The molecule has 2 atom stereocenters. The van der Waals surface area contributed by atoms with Crippen LogP contribution in [-0.4, -0.2) is 43.8 Å². The van der Waals surface area contributed by atoms with Crippen molar-refractivity contribution in [3.05, 3.63) is 53.6 Å². The van der Waals surface area contributed by atoms with Gasteiger partial charge >= 0.3 is 0 Å². The third-order valence-corrected chi connectivity index (χ3v) is 6.68. The Hall–Kier alpha value is -3.56. The highest BCUT2D eigenvalue weighted by molar-refractivity contribution is 6.00. The number of rotatable bonds is 7. The van der Waals surface area contributed by atoms with Crippen LogP contribution >= 0.6 is 0 Å². The summed E-state index contributed by atoms with van der Waals surface area (Å²) < 4.78 is 30.1. The monoisotopic (exact) mass is 498 g/mol. The van der Waals surface area contributed by atoms with Crippen LogP contribution in [0.5, 0.6) is 0 Å². The highest BCUT2D eigenvalue weighted by Gasteiger charge is 2.42. The predicted molar refractivity (Wildman–Crippen MR) is 133 cm³/mol. The number of carbonyl (C=O) groups is 2. The molecule has 0 saturated heterocycles. The number of carbonyl (C=O) groups excluding carboxylic acids is 2. The van der Waals surface area contributed by atoms with Crippen molar-refractivity contribution < 1.29 is 18.4 Å². The van der Waals surface area contributed by atoms with Gasteiger partial charge in [0, 0.05) is 42.0 Å². The molecule has 1 aliphatic rings. The Morgan fingerprint density at radius 1 is 1.17 bits per heavy atom. The average molecular weight is 499 g/mol. The summed E-state index contributed by atoms with van der Waals surface area (Å²) in [5, 5.41) is 16.9. The average Bonchev–Trinajstić information content (AvgIpc) is 3.44. The van der Waals surface area contributed by atoms with E-state index in [2.05, 4.69) is 25.9 Å². The number of H-pyrrole nitrogens is 1. The van der Waals surface area contributed by atoms with Crippen molar-refractivity contribution in [1.29, 1.82) is 0 Å². The maximum absolute atomic E-state index is 14.3. The van der Waals surface area contributed by atoms with E-state index in [-0.39, 0.29) is 18.2 Å². The number of hydrogen-bond acceptors (Lipinski definition) is 4. The van der Waals surface area contributed by atoms with Gasteiger partial charge in [0.1, 0.15) is 11.7 Å². The Kier molecular flexibility index (Phi) is 7.23. The van der Waals surface area contributed by atoms with E-state index < -0.39 is 36.1 Å². The molecular formula is C26H32F2N6O2. The molecule has 1 aromatic carbocycles. The van der Waals surface area contributed by atoms with Crippen LogP contribution < -0.4 is 10.6 Å². The fourth-order valence-electron chi connectivity index (χ4n) is 4.93. The zero-order valence-corrected chi connectivity index (χ0v) is 20.9. The third kappa shape index (κ3) is 5.47. The number of aromatic nitrogens is 4. The number of alkyl halides is 2. The Balaban J connectivity index is 1.55. The van der Waals surface area contributed by atoms with E-state index in [1.807, 2.05) is 39.8 Å². The Bertz CT molecular complexity index is 1210. The number of anilines is 1. The molecule has 0 radical (unpaired) electrons. The van der Waals surface area contributed by atoms with E-state index >= 15 is 0 Å². The van der Waals surface area contributed by atoms with Crippen LogP contribution in [-0.2, 0) is 4.79 Å². The molecule has 3 aromatic rings.